The van der Waals surface area contributed by atoms with Crippen LogP contribution in [0.2, 0.25) is 0 Å². The first-order valence-corrected chi connectivity index (χ1v) is 9.02. The molecule has 0 spiro atoms. The average molecular weight is 356 g/mol. The molecule has 0 aliphatic carbocycles. The third-order valence-corrected chi connectivity index (χ3v) is 4.69. The summed E-state index contributed by atoms with van der Waals surface area (Å²) in [4.78, 5) is 9.27. The van der Waals surface area contributed by atoms with Crippen molar-refractivity contribution in [2.24, 2.45) is 0 Å². The van der Waals surface area contributed by atoms with Gasteiger partial charge in [0.1, 0.15) is 30.6 Å². The van der Waals surface area contributed by atoms with Gasteiger partial charge in [-0.2, -0.15) is 0 Å². The molecule has 2 N–H and O–H groups in total. The molecular weight excluding hydrogens is 332 g/mol. The second-order valence-electron chi connectivity index (χ2n) is 6.46. The van der Waals surface area contributed by atoms with Crippen LogP contribution in [-0.4, -0.2) is 43.4 Å². The molecule has 0 fully saturated rings. The predicted octanol–water partition coefficient (Wildman–Crippen LogP) is 1.87. The molecule has 0 saturated heterocycles. The number of nitrogens with one attached hydrogen (secondary N) is 2. The van der Waals surface area contributed by atoms with E-state index in [1.807, 2.05) is 19.1 Å². The summed E-state index contributed by atoms with van der Waals surface area (Å²) in [5.74, 6) is 3.97. The molecular formula is C19H24N4O3. The summed E-state index contributed by atoms with van der Waals surface area (Å²) in [5.41, 5.74) is 3.35. The number of rotatable bonds is 4. The predicted molar refractivity (Wildman–Crippen MR) is 98.4 cm³/mol. The Hall–Kier alpha value is -2.54. The zero-order valence-corrected chi connectivity index (χ0v) is 15.2. The molecule has 138 valence electrons. The average Bonchev–Trinajstić information content (AvgIpc) is 2.90. The van der Waals surface area contributed by atoms with Crippen molar-refractivity contribution in [1.82, 2.24) is 15.3 Å². The number of aryl methyl sites for hydroxylation is 1. The van der Waals surface area contributed by atoms with Crippen LogP contribution in [0.5, 0.6) is 17.2 Å². The first-order valence-electron chi connectivity index (χ1n) is 9.02. The molecule has 2 aliphatic rings. The van der Waals surface area contributed by atoms with Crippen LogP contribution in [0.25, 0.3) is 0 Å². The van der Waals surface area contributed by atoms with Crippen molar-refractivity contribution in [3.8, 4) is 17.2 Å². The zero-order chi connectivity index (χ0) is 17.9. The Kier molecular flexibility index (Phi) is 4.79. The SMILES string of the molecule is COc1cc2c(cc1CNc1nc(C)nc3c1CCNCC3)OCCO2. The van der Waals surface area contributed by atoms with Gasteiger partial charge in [-0.3, -0.25) is 0 Å². The van der Waals surface area contributed by atoms with E-state index in [1.54, 1.807) is 7.11 Å². The van der Waals surface area contributed by atoms with Crippen molar-refractivity contribution in [2.75, 3.05) is 38.7 Å². The number of methoxy groups -OCH3 is 1. The number of ether oxygens (including phenoxy) is 3. The Balaban J connectivity index is 1.60. The molecule has 0 unspecified atom stereocenters. The van der Waals surface area contributed by atoms with Gasteiger partial charge in [-0.1, -0.05) is 0 Å². The molecule has 0 atom stereocenters. The van der Waals surface area contributed by atoms with Gasteiger partial charge in [0.15, 0.2) is 11.5 Å². The summed E-state index contributed by atoms with van der Waals surface area (Å²) in [6.07, 6.45) is 1.86. The molecule has 2 aromatic rings. The largest absolute Gasteiger partial charge is 0.496 e. The van der Waals surface area contributed by atoms with Gasteiger partial charge >= 0.3 is 0 Å². The number of aromatic nitrogens is 2. The number of benzene rings is 1. The molecule has 4 rings (SSSR count). The van der Waals surface area contributed by atoms with Gasteiger partial charge in [-0.15, -0.1) is 0 Å². The lowest BCUT2D eigenvalue weighted by molar-refractivity contribution is 0.170. The quantitative estimate of drug-likeness (QED) is 0.866. The Bertz CT molecular complexity index is 810. The van der Waals surface area contributed by atoms with E-state index in [1.165, 1.54) is 5.56 Å². The third kappa shape index (κ3) is 3.39. The third-order valence-electron chi connectivity index (χ3n) is 4.69. The fourth-order valence-electron chi connectivity index (χ4n) is 3.43. The van der Waals surface area contributed by atoms with Gasteiger partial charge in [0.2, 0.25) is 0 Å². The fourth-order valence-corrected chi connectivity index (χ4v) is 3.43. The summed E-state index contributed by atoms with van der Waals surface area (Å²) in [7, 11) is 1.67. The number of anilines is 1. The highest BCUT2D eigenvalue weighted by molar-refractivity contribution is 5.54. The molecule has 2 aliphatic heterocycles. The fraction of sp³-hybridized carbons (Fsp3) is 0.474. The van der Waals surface area contributed by atoms with Crippen molar-refractivity contribution in [3.63, 3.8) is 0 Å². The van der Waals surface area contributed by atoms with Gasteiger partial charge < -0.3 is 24.8 Å². The van der Waals surface area contributed by atoms with Crippen LogP contribution < -0.4 is 24.8 Å². The number of fused-ring (bicyclic) bond motifs is 2. The van der Waals surface area contributed by atoms with Crippen LogP contribution in [0.15, 0.2) is 12.1 Å². The van der Waals surface area contributed by atoms with E-state index in [9.17, 15) is 0 Å². The standard InChI is InChI=1S/C19H24N4O3/c1-12-22-15-4-6-20-5-3-14(15)19(23-12)21-11-13-9-17-18(10-16(13)24-2)26-8-7-25-17/h9-10,20H,3-8,11H2,1-2H3,(H,21,22,23). The second-order valence-corrected chi connectivity index (χ2v) is 6.46. The Morgan fingerprint density at radius 1 is 1.12 bits per heavy atom. The lowest BCUT2D eigenvalue weighted by atomic mass is 10.1. The van der Waals surface area contributed by atoms with E-state index < -0.39 is 0 Å². The van der Waals surface area contributed by atoms with Crippen molar-refractivity contribution in [2.45, 2.75) is 26.3 Å². The Labute approximate surface area is 153 Å². The van der Waals surface area contributed by atoms with Crippen molar-refractivity contribution >= 4 is 5.82 Å². The molecule has 26 heavy (non-hydrogen) atoms. The molecule has 0 bridgehead atoms. The highest BCUT2D eigenvalue weighted by Crippen LogP contribution is 2.37. The van der Waals surface area contributed by atoms with E-state index in [-0.39, 0.29) is 0 Å². The van der Waals surface area contributed by atoms with Gasteiger partial charge in [0, 0.05) is 36.7 Å². The normalized spacial score (nSPS) is 15.8. The van der Waals surface area contributed by atoms with E-state index >= 15 is 0 Å². The molecule has 0 amide bonds. The topological polar surface area (TPSA) is 77.5 Å². The maximum atomic E-state index is 5.70. The van der Waals surface area contributed by atoms with E-state index in [0.29, 0.717) is 19.8 Å². The molecule has 0 saturated carbocycles. The summed E-state index contributed by atoms with van der Waals surface area (Å²) in [5, 5.41) is 6.91. The minimum absolute atomic E-state index is 0.564. The maximum Gasteiger partial charge on any atom is 0.165 e. The molecule has 3 heterocycles. The van der Waals surface area contributed by atoms with Crippen molar-refractivity contribution < 1.29 is 14.2 Å². The van der Waals surface area contributed by atoms with Crippen LogP contribution in [0, 0.1) is 6.92 Å². The van der Waals surface area contributed by atoms with E-state index in [0.717, 1.165) is 66.1 Å². The van der Waals surface area contributed by atoms with Gasteiger partial charge in [-0.05, 0) is 26.0 Å². The molecule has 0 radical (unpaired) electrons. The molecule has 7 heteroatoms. The Morgan fingerprint density at radius 3 is 2.69 bits per heavy atom. The van der Waals surface area contributed by atoms with Gasteiger partial charge in [0.25, 0.3) is 0 Å². The van der Waals surface area contributed by atoms with Crippen molar-refractivity contribution in [3.05, 3.63) is 34.8 Å². The van der Waals surface area contributed by atoms with Crippen LogP contribution in [0.4, 0.5) is 5.82 Å². The summed E-state index contributed by atoms with van der Waals surface area (Å²) >= 11 is 0. The van der Waals surface area contributed by atoms with Gasteiger partial charge in [0.05, 0.1) is 12.8 Å². The zero-order valence-electron chi connectivity index (χ0n) is 15.2. The second kappa shape index (κ2) is 7.37. The first kappa shape index (κ1) is 16.9. The van der Waals surface area contributed by atoms with Crippen LogP contribution in [-0.2, 0) is 19.4 Å². The number of hydrogen-bond acceptors (Lipinski definition) is 7. The van der Waals surface area contributed by atoms with E-state index in [4.69, 9.17) is 14.2 Å². The first-order chi connectivity index (χ1) is 12.7. The highest BCUT2D eigenvalue weighted by Gasteiger charge is 2.18. The number of hydrogen-bond donors (Lipinski definition) is 2. The van der Waals surface area contributed by atoms with Crippen LogP contribution >= 0.6 is 0 Å². The monoisotopic (exact) mass is 356 g/mol. The molecule has 1 aromatic heterocycles. The lowest BCUT2D eigenvalue weighted by Crippen LogP contribution is -2.16. The summed E-state index contributed by atoms with van der Waals surface area (Å²) < 4.78 is 16.9. The Morgan fingerprint density at radius 2 is 1.88 bits per heavy atom. The van der Waals surface area contributed by atoms with Gasteiger partial charge in [-0.25, -0.2) is 9.97 Å². The minimum Gasteiger partial charge on any atom is -0.496 e. The van der Waals surface area contributed by atoms with E-state index in [2.05, 4.69) is 20.6 Å². The smallest absolute Gasteiger partial charge is 0.165 e. The lowest BCUT2D eigenvalue weighted by Gasteiger charge is -2.21. The summed E-state index contributed by atoms with van der Waals surface area (Å²) in [6.45, 7) is 5.57. The minimum atomic E-state index is 0.564. The van der Waals surface area contributed by atoms with Crippen LogP contribution in [0.1, 0.15) is 22.6 Å². The van der Waals surface area contributed by atoms with Crippen molar-refractivity contribution in [1.29, 1.82) is 0 Å². The molecule has 7 nitrogen and oxygen atoms in total. The molecule has 1 aromatic carbocycles. The maximum absolute atomic E-state index is 5.70. The highest BCUT2D eigenvalue weighted by atomic mass is 16.6. The number of nitrogens with zero attached hydrogens (tertiary/aromatic N) is 2. The van der Waals surface area contributed by atoms with Crippen LogP contribution in [0.3, 0.4) is 0 Å². The summed E-state index contributed by atoms with van der Waals surface area (Å²) in [6, 6.07) is 3.87.